The van der Waals surface area contributed by atoms with E-state index in [-0.39, 0.29) is 29.4 Å². The number of amides is 1. The van der Waals surface area contributed by atoms with E-state index in [4.69, 9.17) is 9.84 Å². The van der Waals surface area contributed by atoms with Crippen molar-refractivity contribution in [2.45, 2.75) is 32.4 Å². The molecule has 8 nitrogen and oxygen atoms in total. The van der Waals surface area contributed by atoms with Gasteiger partial charge < -0.3 is 19.9 Å². The number of nitrogens with zero attached hydrogens (tertiary/aromatic N) is 2. The van der Waals surface area contributed by atoms with Crippen LogP contribution in [0.5, 0.6) is 17.4 Å². The molecule has 1 aliphatic rings. The third-order valence-corrected chi connectivity index (χ3v) is 4.95. The molecule has 1 aromatic carbocycles. The van der Waals surface area contributed by atoms with Crippen LogP contribution in [0.3, 0.4) is 0 Å². The van der Waals surface area contributed by atoms with E-state index in [9.17, 15) is 27.2 Å². The zero-order valence-electron chi connectivity index (χ0n) is 18.5. The summed E-state index contributed by atoms with van der Waals surface area (Å²) in [4.78, 5) is 24.2. The maximum atomic E-state index is 13.7. The number of aliphatic carboxylic acids is 1. The molecule has 0 radical (unpaired) electrons. The number of benzene rings is 1. The number of aryl methyl sites for hydroxylation is 1. The Morgan fingerprint density at radius 1 is 1.17 bits per heavy atom. The number of hydrogen-bond donors (Lipinski definition) is 2. The number of ether oxygens (including phenoxy) is 2. The van der Waals surface area contributed by atoms with Gasteiger partial charge in [-0.15, -0.1) is 0 Å². The van der Waals surface area contributed by atoms with Crippen LogP contribution in [0.25, 0.3) is 0 Å². The fourth-order valence-corrected chi connectivity index (χ4v) is 3.28. The summed E-state index contributed by atoms with van der Waals surface area (Å²) in [6.07, 6.45) is 3.22. The number of carbonyl (C=O) groups excluding carboxylic acids is 1. The number of carboxylic acid groups (broad SMARTS) is 1. The van der Waals surface area contributed by atoms with Crippen molar-refractivity contribution in [3.05, 3.63) is 71.0 Å². The van der Waals surface area contributed by atoms with Crippen molar-refractivity contribution in [3.63, 3.8) is 0 Å². The second-order valence-corrected chi connectivity index (χ2v) is 7.41. The van der Waals surface area contributed by atoms with E-state index < -0.39 is 42.2 Å². The highest BCUT2D eigenvalue weighted by Gasteiger charge is 2.30. The van der Waals surface area contributed by atoms with Gasteiger partial charge in [-0.05, 0) is 31.1 Å². The zero-order chi connectivity index (χ0) is 25.7. The summed E-state index contributed by atoms with van der Waals surface area (Å²) >= 11 is 0. The minimum absolute atomic E-state index is 0.0465. The van der Waals surface area contributed by atoms with Crippen molar-refractivity contribution < 1.29 is 41.7 Å². The van der Waals surface area contributed by atoms with E-state index in [0.717, 1.165) is 10.7 Å². The van der Waals surface area contributed by atoms with Crippen molar-refractivity contribution in [1.82, 2.24) is 15.1 Å². The first-order valence-corrected chi connectivity index (χ1v) is 10.3. The Morgan fingerprint density at radius 3 is 2.54 bits per heavy atom. The number of aromatic nitrogens is 2. The number of hydrogen-bond acceptors (Lipinski definition) is 5. The van der Waals surface area contributed by atoms with E-state index in [1.54, 1.807) is 19.1 Å². The van der Waals surface area contributed by atoms with Gasteiger partial charge in [0.15, 0.2) is 0 Å². The summed E-state index contributed by atoms with van der Waals surface area (Å²) in [6.45, 7) is -1.48. The van der Waals surface area contributed by atoms with Crippen molar-refractivity contribution in [2.75, 3.05) is 0 Å². The fourth-order valence-electron chi connectivity index (χ4n) is 3.28. The molecule has 1 heterocycles. The Balaban J connectivity index is 1.90. The maximum Gasteiger partial charge on any atom is 0.387 e. The summed E-state index contributed by atoms with van der Waals surface area (Å²) in [5.41, 5.74) is -0.674. The largest absolute Gasteiger partial charge is 0.478 e. The Morgan fingerprint density at radius 2 is 1.89 bits per heavy atom. The average Bonchev–Trinajstić information content (AvgIpc) is 2.95. The van der Waals surface area contributed by atoms with Crippen molar-refractivity contribution in [3.8, 4) is 17.4 Å². The lowest BCUT2D eigenvalue weighted by Crippen LogP contribution is -2.34. The average molecular weight is 495 g/mol. The van der Waals surface area contributed by atoms with Gasteiger partial charge in [0.05, 0.1) is 6.04 Å². The summed E-state index contributed by atoms with van der Waals surface area (Å²) < 4.78 is 63.2. The summed E-state index contributed by atoms with van der Waals surface area (Å²) in [6, 6.07) is 4.39. The van der Waals surface area contributed by atoms with Gasteiger partial charge in [-0.25, -0.2) is 18.3 Å². The van der Waals surface area contributed by atoms with E-state index in [1.165, 1.54) is 37.4 Å². The van der Waals surface area contributed by atoms with E-state index >= 15 is 0 Å². The third kappa shape index (κ3) is 6.28. The minimum atomic E-state index is -3.11. The monoisotopic (exact) mass is 495 g/mol. The highest BCUT2D eigenvalue weighted by molar-refractivity contribution is 5.98. The lowest BCUT2D eigenvalue weighted by atomic mass is 10.1. The van der Waals surface area contributed by atoms with Gasteiger partial charge in [-0.2, -0.15) is 13.9 Å². The third-order valence-electron chi connectivity index (χ3n) is 4.95. The number of carbonyl (C=O) groups is 2. The molecule has 1 unspecified atom stereocenters. The molecule has 1 aliphatic carbocycles. The Bertz CT molecular complexity index is 1200. The smallest absolute Gasteiger partial charge is 0.387 e. The molecule has 0 fully saturated rings. The lowest BCUT2D eigenvalue weighted by Gasteiger charge is -2.16. The number of halogens is 4. The normalized spacial score (nSPS) is 14.3. The SMILES string of the molecule is CC(NC(=O)c1c(C(F)F)nn(C)c1Oc1cccc(OC(F)F)c1)C1=CC=C(C(=O)O)CC=C1. The molecule has 35 heavy (non-hydrogen) atoms. The van der Waals surface area contributed by atoms with Gasteiger partial charge in [-0.3, -0.25) is 4.79 Å². The first kappa shape index (κ1) is 25.5. The van der Waals surface area contributed by atoms with E-state index in [0.29, 0.717) is 5.57 Å². The van der Waals surface area contributed by atoms with E-state index in [2.05, 4.69) is 15.2 Å². The van der Waals surface area contributed by atoms with Gasteiger partial charge in [-0.1, -0.05) is 30.4 Å². The fraction of sp³-hybridized carbons (Fsp3) is 0.261. The molecule has 1 aromatic heterocycles. The molecule has 1 atom stereocenters. The van der Waals surface area contributed by atoms with Gasteiger partial charge >= 0.3 is 12.6 Å². The molecule has 0 spiro atoms. The summed E-state index contributed by atoms with van der Waals surface area (Å²) in [5, 5.41) is 15.4. The molecule has 0 saturated carbocycles. The molecule has 0 bridgehead atoms. The van der Waals surface area contributed by atoms with Crippen LogP contribution in [-0.2, 0) is 11.8 Å². The Kier molecular flexibility index (Phi) is 7.94. The van der Waals surface area contributed by atoms with Gasteiger partial charge in [0.25, 0.3) is 12.3 Å². The predicted molar refractivity (Wildman–Crippen MR) is 116 cm³/mol. The molecule has 1 amide bonds. The molecule has 186 valence electrons. The number of allylic oxidation sites excluding steroid dienone is 3. The number of rotatable bonds is 9. The summed E-state index contributed by atoms with van der Waals surface area (Å²) in [7, 11) is 1.29. The topological polar surface area (TPSA) is 103 Å². The lowest BCUT2D eigenvalue weighted by molar-refractivity contribution is -0.132. The van der Waals surface area contributed by atoms with Crippen LogP contribution in [0, 0.1) is 0 Å². The minimum Gasteiger partial charge on any atom is -0.478 e. The molecule has 2 aromatic rings. The molecule has 0 aliphatic heterocycles. The van der Waals surface area contributed by atoms with Gasteiger partial charge in [0, 0.05) is 18.7 Å². The van der Waals surface area contributed by atoms with Crippen LogP contribution in [0.15, 0.2) is 59.7 Å². The van der Waals surface area contributed by atoms with Crippen LogP contribution >= 0.6 is 0 Å². The molecular formula is C23H21F4N3O5. The number of alkyl halides is 4. The second-order valence-electron chi connectivity index (χ2n) is 7.41. The second kappa shape index (κ2) is 10.9. The zero-order valence-corrected chi connectivity index (χ0v) is 18.5. The van der Waals surface area contributed by atoms with Crippen LogP contribution in [-0.4, -0.2) is 39.4 Å². The van der Waals surface area contributed by atoms with Crippen molar-refractivity contribution >= 4 is 11.9 Å². The number of nitrogens with one attached hydrogen (secondary N) is 1. The molecular weight excluding hydrogens is 474 g/mol. The summed E-state index contributed by atoms with van der Waals surface area (Å²) in [5.74, 6) is -2.61. The molecule has 2 N–H and O–H groups in total. The molecule has 12 heteroatoms. The first-order chi connectivity index (χ1) is 16.6. The maximum absolute atomic E-state index is 13.7. The first-order valence-electron chi connectivity index (χ1n) is 10.3. The van der Waals surface area contributed by atoms with Crippen LogP contribution in [0.1, 0.15) is 35.8 Å². The van der Waals surface area contributed by atoms with Crippen LogP contribution in [0.2, 0.25) is 0 Å². The molecule has 3 rings (SSSR count). The quantitative estimate of drug-likeness (QED) is 0.486. The van der Waals surface area contributed by atoms with Crippen LogP contribution < -0.4 is 14.8 Å². The highest BCUT2D eigenvalue weighted by Crippen LogP contribution is 2.33. The Labute approximate surface area is 197 Å². The van der Waals surface area contributed by atoms with Crippen LogP contribution in [0.4, 0.5) is 17.6 Å². The molecule has 0 saturated heterocycles. The highest BCUT2D eigenvalue weighted by atomic mass is 19.3. The van der Waals surface area contributed by atoms with Gasteiger partial charge in [0.1, 0.15) is 22.8 Å². The van der Waals surface area contributed by atoms with Crippen molar-refractivity contribution in [1.29, 1.82) is 0 Å². The predicted octanol–water partition coefficient (Wildman–Crippen LogP) is 4.77. The van der Waals surface area contributed by atoms with Crippen molar-refractivity contribution in [2.24, 2.45) is 7.05 Å². The van der Waals surface area contributed by atoms with Gasteiger partial charge in [0.2, 0.25) is 5.88 Å². The standard InChI is InChI=1S/C23H21F4N3O5/c1-12(13-5-3-6-14(10-9-13)22(32)33)28-20(31)17-18(19(24)25)29-30(2)21(17)34-15-7-4-8-16(11-15)35-23(26)27/h3-5,7-12,19,23H,6H2,1-2H3,(H,28,31)(H,32,33). The van der Waals surface area contributed by atoms with E-state index in [1.807, 2.05) is 0 Å². The number of carboxylic acids is 1. The Hall–Kier alpha value is -4.09.